The number of carbonyl (C=O) groups is 2. The van der Waals surface area contributed by atoms with E-state index in [1.807, 2.05) is 42.5 Å². The van der Waals surface area contributed by atoms with Crippen molar-refractivity contribution in [1.29, 1.82) is 0 Å². The normalized spacial score (nSPS) is 10.2. The van der Waals surface area contributed by atoms with Crippen molar-refractivity contribution in [2.24, 2.45) is 0 Å². The third-order valence-corrected chi connectivity index (χ3v) is 3.30. The summed E-state index contributed by atoms with van der Waals surface area (Å²) in [6.45, 7) is 0.836. The summed E-state index contributed by atoms with van der Waals surface area (Å²) in [4.78, 5) is 25.6. The summed E-state index contributed by atoms with van der Waals surface area (Å²) < 4.78 is 5.05. The SMILES string of the molecule is COCc1cccc(NC(=O)C(=O)N(C)Cc2ccccc2)c1. The number of rotatable bonds is 5. The molecule has 0 heterocycles. The van der Waals surface area contributed by atoms with Gasteiger partial charge < -0.3 is 15.0 Å². The van der Waals surface area contributed by atoms with Crippen molar-refractivity contribution in [3.8, 4) is 0 Å². The lowest BCUT2D eigenvalue weighted by molar-refractivity contribution is -0.142. The van der Waals surface area contributed by atoms with Crippen molar-refractivity contribution in [1.82, 2.24) is 4.90 Å². The van der Waals surface area contributed by atoms with Gasteiger partial charge in [0.15, 0.2) is 0 Å². The van der Waals surface area contributed by atoms with E-state index >= 15 is 0 Å². The minimum absolute atomic E-state index is 0.386. The van der Waals surface area contributed by atoms with Crippen molar-refractivity contribution < 1.29 is 14.3 Å². The Labute approximate surface area is 135 Å². The van der Waals surface area contributed by atoms with Crippen molar-refractivity contribution in [3.05, 3.63) is 65.7 Å². The van der Waals surface area contributed by atoms with Crippen LogP contribution in [0.1, 0.15) is 11.1 Å². The van der Waals surface area contributed by atoms with Crippen LogP contribution in [-0.4, -0.2) is 30.9 Å². The smallest absolute Gasteiger partial charge is 0.313 e. The third kappa shape index (κ3) is 4.93. The molecule has 0 unspecified atom stereocenters. The maximum absolute atomic E-state index is 12.2. The fraction of sp³-hybridized carbons (Fsp3) is 0.222. The number of hydrogen-bond donors (Lipinski definition) is 1. The number of benzene rings is 2. The van der Waals surface area contributed by atoms with Crippen LogP contribution in [0.25, 0.3) is 0 Å². The maximum Gasteiger partial charge on any atom is 0.313 e. The van der Waals surface area contributed by atoms with E-state index in [-0.39, 0.29) is 0 Å². The van der Waals surface area contributed by atoms with Gasteiger partial charge in [-0.25, -0.2) is 0 Å². The third-order valence-electron chi connectivity index (χ3n) is 3.30. The van der Waals surface area contributed by atoms with Gasteiger partial charge in [-0.2, -0.15) is 0 Å². The number of hydrogen-bond acceptors (Lipinski definition) is 3. The molecule has 0 atom stereocenters. The molecule has 2 amide bonds. The molecule has 0 aliphatic rings. The number of amides is 2. The lowest BCUT2D eigenvalue weighted by atomic mass is 10.2. The average Bonchev–Trinajstić information content (AvgIpc) is 2.55. The molecular formula is C18H20N2O3. The van der Waals surface area contributed by atoms with Gasteiger partial charge in [-0.1, -0.05) is 42.5 Å². The van der Waals surface area contributed by atoms with E-state index in [9.17, 15) is 9.59 Å². The molecular weight excluding hydrogens is 292 g/mol. The Morgan fingerprint density at radius 1 is 1.04 bits per heavy atom. The summed E-state index contributed by atoms with van der Waals surface area (Å²) in [6.07, 6.45) is 0. The highest BCUT2D eigenvalue weighted by Crippen LogP contribution is 2.12. The molecule has 0 saturated carbocycles. The Bertz CT molecular complexity index is 671. The summed E-state index contributed by atoms with van der Waals surface area (Å²) in [7, 11) is 3.21. The van der Waals surface area contributed by atoms with E-state index in [1.165, 1.54) is 4.90 Å². The van der Waals surface area contributed by atoms with Crippen LogP contribution in [0.4, 0.5) is 5.69 Å². The lowest BCUT2D eigenvalue weighted by Crippen LogP contribution is -2.36. The van der Waals surface area contributed by atoms with Gasteiger partial charge in [-0.3, -0.25) is 9.59 Å². The molecule has 0 aromatic heterocycles. The Balaban J connectivity index is 1.96. The second-order valence-electron chi connectivity index (χ2n) is 5.23. The van der Waals surface area contributed by atoms with Crippen LogP contribution in [0.2, 0.25) is 0 Å². The topological polar surface area (TPSA) is 58.6 Å². The van der Waals surface area contributed by atoms with Gasteiger partial charge in [0.05, 0.1) is 6.61 Å². The van der Waals surface area contributed by atoms with Crippen molar-refractivity contribution in [3.63, 3.8) is 0 Å². The zero-order valence-electron chi connectivity index (χ0n) is 13.3. The minimum atomic E-state index is -0.655. The van der Waals surface area contributed by atoms with Gasteiger partial charge in [0.2, 0.25) is 0 Å². The van der Waals surface area contributed by atoms with E-state index in [0.717, 1.165) is 11.1 Å². The average molecular weight is 312 g/mol. The van der Waals surface area contributed by atoms with Gasteiger partial charge in [-0.15, -0.1) is 0 Å². The van der Waals surface area contributed by atoms with Gasteiger partial charge in [0.1, 0.15) is 0 Å². The Morgan fingerprint density at radius 3 is 2.43 bits per heavy atom. The first-order chi connectivity index (χ1) is 11.1. The first-order valence-electron chi connectivity index (χ1n) is 7.28. The van der Waals surface area contributed by atoms with Crippen molar-refractivity contribution >= 4 is 17.5 Å². The predicted octanol–water partition coefficient (Wildman–Crippen LogP) is 2.43. The van der Waals surface area contributed by atoms with Crippen molar-refractivity contribution in [2.45, 2.75) is 13.2 Å². The number of likely N-dealkylation sites (N-methyl/N-ethyl adjacent to an activating group) is 1. The van der Waals surface area contributed by atoms with E-state index in [1.54, 1.807) is 26.3 Å². The van der Waals surface area contributed by atoms with Crippen LogP contribution in [0.5, 0.6) is 0 Å². The Hall–Kier alpha value is -2.66. The molecule has 0 fully saturated rings. The molecule has 2 aromatic rings. The molecule has 2 rings (SSSR count). The van der Waals surface area contributed by atoms with Gasteiger partial charge in [-0.05, 0) is 23.3 Å². The summed E-state index contributed by atoms with van der Waals surface area (Å²) in [5.41, 5.74) is 2.47. The molecule has 5 heteroatoms. The predicted molar refractivity (Wildman–Crippen MR) is 88.7 cm³/mol. The van der Waals surface area contributed by atoms with E-state index in [4.69, 9.17) is 4.74 Å². The van der Waals surface area contributed by atoms with E-state index in [0.29, 0.717) is 18.8 Å². The molecule has 5 nitrogen and oxygen atoms in total. The molecule has 23 heavy (non-hydrogen) atoms. The molecule has 0 spiro atoms. The highest BCUT2D eigenvalue weighted by molar-refractivity contribution is 6.39. The van der Waals surface area contributed by atoms with Gasteiger partial charge >= 0.3 is 11.8 Å². The summed E-state index contributed by atoms with van der Waals surface area (Å²) in [6, 6.07) is 16.7. The number of carbonyl (C=O) groups excluding carboxylic acids is 2. The molecule has 0 bridgehead atoms. The fourth-order valence-electron chi connectivity index (χ4n) is 2.19. The van der Waals surface area contributed by atoms with Crippen molar-refractivity contribution in [2.75, 3.05) is 19.5 Å². The number of anilines is 1. The number of nitrogens with one attached hydrogen (secondary N) is 1. The second kappa shape index (κ2) is 8.10. The van der Waals surface area contributed by atoms with Crippen LogP contribution >= 0.6 is 0 Å². The van der Waals surface area contributed by atoms with Crippen LogP contribution in [-0.2, 0) is 27.5 Å². The summed E-state index contributed by atoms with van der Waals surface area (Å²) in [5, 5.41) is 2.62. The first-order valence-corrected chi connectivity index (χ1v) is 7.28. The van der Waals surface area contributed by atoms with Gasteiger partial charge in [0.25, 0.3) is 0 Å². The molecule has 0 aliphatic heterocycles. The first kappa shape index (κ1) is 16.7. The molecule has 0 saturated heterocycles. The van der Waals surface area contributed by atoms with E-state index in [2.05, 4.69) is 5.32 Å². The maximum atomic E-state index is 12.2. The quantitative estimate of drug-likeness (QED) is 0.863. The number of nitrogens with zero attached hydrogens (tertiary/aromatic N) is 1. The van der Waals surface area contributed by atoms with E-state index < -0.39 is 11.8 Å². The molecule has 120 valence electrons. The Morgan fingerprint density at radius 2 is 1.74 bits per heavy atom. The van der Waals surface area contributed by atoms with Crippen LogP contribution in [0.15, 0.2) is 54.6 Å². The molecule has 2 aromatic carbocycles. The number of ether oxygens (including phenoxy) is 1. The Kier molecular flexibility index (Phi) is 5.88. The lowest BCUT2D eigenvalue weighted by Gasteiger charge is -2.17. The number of methoxy groups -OCH3 is 1. The monoisotopic (exact) mass is 312 g/mol. The van der Waals surface area contributed by atoms with Crippen LogP contribution < -0.4 is 5.32 Å². The summed E-state index contributed by atoms with van der Waals surface area (Å²) in [5.74, 6) is -1.23. The fourth-order valence-corrected chi connectivity index (χ4v) is 2.19. The molecule has 0 radical (unpaired) electrons. The zero-order valence-corrected chi connectivity index (χ0v) is 13.3. The highest BCUT2D eigenvalue weighted by atomic mass is 16.5. The molecule has 0 aliphatic carbocycles. The molecule has 1 N–H and O–H groups in total. The summed E-state index contributed by atoms with van der Waals surface area (Å²) >= 11 is 0. The van der Waals surface area contributed by atoms with Crippen LogP contribution in [0, 0.1) is 0 Å². The minimum Gasteiger partial charge on any atom is -0.380 e. The van der Waals surface area contributed by atoms with Gasteiger partial charge in [0, 0.05) is 26.4 Å². The second-order valence-corrected chi connectivity index (χ2v) is 5.23. The standard InChI is InChI=1S/C18H20N2O3/c1-20(12-14-7-4-3-5-8-14)18(22)17(21)19-16-10-6-9-15(11-16)13-23-2/h3-11H,12-13H2,1-2H3,(H,19,21). The van der Waals surface area contributed by atoms with Crippen LogP contribution in [0.3, 0.4) is 0 Å². The highest BCUT2D eigenvalue weighted by Gasteiger charge is 2.18. The largest absolute Gasteiger partial charge is 0.380 e. The zero-order chi connectivity index (χ0) is 16.7.